The normalized spacial score (nSPS) is 11.7. The Morgan fingerprint density at radius 3 is 2.40 bits per heavy atom. The van der Waals surface area contributed by atoms with E-state index in [9.17, 15) is 10.1 Å². The lowest BCUT2D eigenvalue weighted by molar-refractivity contribution is 0.0978. The third-order valence-corrected chi connectivity index (χ3v) is 3.51. The molecule has 0 radical (unpaired) electrons. The summed E-state index contributed by atoms with van der Waals surface area (Å²) in [6, 6.07) is 14.6. The fourth-order valence-electron chi connectivity index (χ4n) is 2.10. The SMILES string of the molecule is Cc1ccc(C)c(C(=O)C(C#N)c2ccc(Cl)cc2)c1. The summed E-state index contributed by atoms with van der Waals surface area (Å²) in [5.41, 5.74) is 3.16. The van der Waals surface area contributed by atoms with Crippen LogP contribution in [0, 0.1) is 25.2 Å². The van der Waals surface area contributed by atoms with Crippen molar-refractivity contribution in [2.24, 2.45) is 0 Å². The number of Topliss-reactive ketones (excluding diaryl/α,β-unsaturated/α-hetero) is 1. The summed E-state index contributed by atoms with van der Waals surface area (Å²) in [6.45, 7) is 3.81. The highest BCUT2D eigenvalue weighted by molar-refractivity contribution is 6.30. The summed E-state index contributed by atoms with van der Waals surface area (Å²) in [4.78, 5) is 12.6. The molecule has 0 aliphatic carbocycles. The highest BCUT2D eigenvalue weighted by atomic mass is 35.5. The van der Waals surface area contributed by atoms with E-state index < -0.39 is 5.92 Å². The number of carbonyl (C=O) groups is 1. The van der Waals surface area contributed by atoms with Crippen LogP contribution in [-0.2, 0) is 0 Å². The van der Waals surface area contributed by atoms with Gasteiger partial charge in [0.15, 0.2) is 5.78 Å². The van der Waals surface area contributed by atoms with Crippen molar-refractivity contribution in [3.8, 4) is 6.07 Å². The van der Waals surface area contributed by atoms with Gasteiger partial charge in [-0.1, -0.05) is 41.4 Å². The fraction of sp³-hybridized carbons (Fsp3) is 0.176. The third kappa shape index (κ3) is 2.89. The second-order valence-electron chi connectivity index (χ2n) is 4.80. The Hall–Kier alpha value is -2.11. The van der Waals surface area contributed by atoms with E-state index in [1.54, 1.807) is 24.3 Å². The zero-order chi connectivity index (χ0) is 14.7. The Bertz CT molecular complexity index is 683. The number of aryl methyl sites for hydroxylation is 2. The number of nitriles is 1. The molecule has 2 aromatic rings. The smallest absolute Gasteiger partial charge is 0.184 e. The van der Waals surface area contributed by atoms with Gasteiger partial charge in [0.2, 0.25) is 0 Å². The summed E-state index contributed by atoms with van der Waals surface area (Å²) in [5.74, 6) is -0.969. The molecular formula is C17H14ClNO. The maximum absolute atomic E-state index is 12.6. The number of ketones is 1. The predicted octanol–water partition coefficient (Wildman–Crippen LogP) is 4.45. The molecule has 20 heavy (non-hydrogen) atoms. The molecule has 0 aromatic heterocycles. The van der Waals surface area contributed by atoms with Crippen molar-refractivity contribution in [1.82, 2.24) is 0 Å². The lowest BCUT2D eigenvalue weighted by Gasteiger charge is -2.11. The molecule has 0 aliphatic heterocycles. The molecule has 2 nitrogen and oxygen atoms in total. The van der Waals surface area contributed by atoms with E-state index in [1.165, 1.54) is 0 Å². The van der Waals surface area contributed by atoms with Crippen LogP contribution in [0.3, 0.4) is 0 Å². The van der Waals surface area contributed by atoms with Crippen LogP contribution in [0.15, 0.2) is 42.5 Å². The molecule has 0 amide bonds. The van der Waals surface area contributed by atoms with E-state index >= 15 is 0 Å². The molecule has 0 fully saturated rings. The first kappa shape index (κ1) is 14.3. The van der Waals surface area contributed by atoms with Crippen LogP contribution in [0.1, 0.15) is 33.0 Å². The number of nitrogens with zero attached hydrogens (tertiary/aromatic N) is 1. The minimum absolute atomic E-state index is 0.170. The molecule has 1 atom stereocenters. The summed E-state index contributed by atoms with van der Waals surface area (Å²) >= 11 is 5.83. The summed E-state index contributed by atoms with van der Waals surface area (Å²) < 4.78 is 0. The fourth-order valence-corrected chi connectivity index (χ4v) is 2.22. The molecule has 0 bridgehead atoms. The van der Waals surface area contributed by atoms with E-state index in [-0.39, 0.29) is 5.78 Å². The zero-order valence-corrected chi connectivity index (χ0v) is 12.1. The van der Waals surface area contributed by atoms with Gasteiger partial charge in [0, 0.05) is 10.6 Å². The molecule has 0 spiro atoms. The maximum Gasteiger partial charge on any atom is 0.184 e. The van der Waals surface area contributed by atoms with Crippen LogP contribution < -0.4 is 0 Å². The highest BCUT2D eigenvalue weighted by Crippen LogP contribution is 2.24. The molecule has 0 N–H and O–H groups in total. The van der Waals surface area contributed by atoms with E-state index in [4.69, 9.17) is 11.6 Å². The largest absolute Gasteiger partial charge is 0.292 e. The molecule has 2 aromatic carbocycles. The van der Waals surface area contributed by atoms with Crippen LogP contribution in [0.4, 0.5) is 0 Å². The second kappa shape index (κ2) is 5.90. The summed E-state index contributed by atoms with van der Waals surface area (Å²) in [7, 11) is 0. The van der Waals surface area contributed by atoms with Gasteiger partial charge in [0.05, 0.1) is 6.07 Å². The molecule has 100 valence electrons. The average Bonchev–Trinajstić information content (AvgIpc) is 2.44. The molecule has 0 heterocycles. The molecule has 3 heteroatoms. The van der Waals surface area contributed by atoms with Crippen molar-refractivity contribution in [2.75, 3.05) is 0 Å². The highest BCUT2D eigenvalue weighted by Gasteiger charge is 2.23. The van der Waals surface area contributed by atoms with Gasteiger partial charge in [-0.2, -0.15) is 5.26 Å². The lowest BCUT2D eigenvalue weighted by Crippen LogP contribution is -2.12. The standard InChI is InChI=1S/C17H14ClNO/c1-11-3-4-12(2)15(9-11)17(20)16(10-19)13-5-7-14(18)8-6-13/h3-9,16H,1-2H3. The molecule has 0 aliphatic rings. The topological polar surface area (TPSA) is 40.9 Å². The molecule has 0 saturated carbocycles. The van der Waals surface area contributed by atoms with Crippen LogP contribution in [0.25, 0.3) is 0 Å². The van der Waals surface area contributed by atoms with Crippen LogP contribution in [0.2, 0.25) is 5.02 Å². The summed E-state index contributed by atoms with van der Waals surface area (Å²) in [6.07, 6.45) is 0. The first-order chi connectivity index (χ1) is 9.52. The van der Waals surface area contributed by atoms with Crippen molar-refractivity contribution in [1.29, 1.82) is 5.26 Å². The number of hydrogen-bond donors (Lipinski definition) is 0. The minimum Gasteiger partial charge on any atom is -0.292 e. The monoisotopic (exact) mass is 283 g/mol. The van der Waals surface area contributed by atoms with Gasteiger partial charge in [-0.05, 0) is 43.2 Å². The quantitative estimate of drug-likeness (QED) is 0.781. The average molecular weight is 284 g/mol. The first-order valence-corrected chi connectivity index (χ1v) is 6.67. The number of hydrogen-bond acceptors (Lipinski definition) is 2. The molecule has 0 saturated heterocycles. The Kier molecular flexibility index (Phi) is 4.22. The van der Waals surface area contributed by atoms with Crippen LogP contribution in [-0.4, -0.2) is 5.78 Å². The van der Waals surface area contributed by atoms with Crippen molar-refractivity contribution in [3.05, 3.63) is 69.7 Å². The molecular weight excluding hydrogens is 270 g/mol. The number of benzene rings is 2. The van der Waals surface area contributed by atoms with Crippen molar-refractivity contribution < 1.29 is 4.79 Å². The Morgan fingerprint density at radius 2 is 1.80 bits per heavy atom. The Balaban J connectivity index is 2.42. The number of carbonyl (C=O) groups excluding carboxylic acids is 1. The van der Waals surface area contributed by atoms with Gasteiger partial charge in [0.1, 0.15) is 5.92 Å². The van der Waals surface area contributed by atoms with Crippen LogP contribution >= 0.6 is 11.6 Å². The van der Waals surface area contributed by atoms with E-state index in [0.29, 0.717) is 16.1 Å². The third-order valence-electron chi connectivity index (χ3n) is 3.25. The first-order valence-electron chi connectivity index (χ1n) is 6.29. The van der Waals surface area contributed by atoms with Gasteiger partial charge in [-0.15, -0.1) is 0 Å². The second-order valence-corrected chi connectivity index (χ2v) is 5.23. The van der Waals surface area contributed by atoms with Gasteiger partial charge in [0.25, 0.3) is 0 Å². The van der Waals surface area contributed by atoms with Gasteiger partial charge in [-0.3, -0.25) is 4.79 Å². The molecule has 1 unspecified atom stereocenters. The van der Waals surface area contributed by atoms with Crippen molar-refractivity contribution in [2.45, 2.75) is 19.8 Å². The minimum atomic E-state index is -0.798. The molecule has 2 rings (SSSR count). The van der Waals surface area contributed by atoms with E-state index in [2.05, 4.69) is 6.07 Å². The number of rotatable bonds is 3. The van der Waals surface area contributed by atoms with Crippen molar-refractivity contribution >= 4 is 17.4 Å². The summed E-state index contributed by atoms with van der Waals surface area (Å²) in [5, 5.41) is 9.92. The maximum atomic E-state index is 12.6. The predicted molar refractivity (Wildman–Crippen MR) is 80.1 cm³/mol. The number of halogens is 1. The van der Waals surface area contributed by atoms with Crippen LogP contribution in [0.5, 0.6) is 0 Å². The Morgan fingerprint density at radius 1 is 1.15 bits per heavy atom. The van der Waals surface area contributed by atoms with Gasteiger partial charge in [-0.25, -0.2) is 0 Å². The van der Waals surface area contributed by atoms with E-state index in [1.807, 2.05) is 32.0 Å². The van der Waals surface area contributed by atoms with E-state index in [0.717, 1.165) is 11.1 Å². The Labute approximate surface area is 123 Å². The van der Waals surface area contributed by atoms with Crippen molar-refractivity contribution in [3.63, 3.8) is 0 Å². The van der Waals surface area contributed by atoms with Gasteiger partial charge >= 0.3 is 0 Å². The lowest BCUT2D eigenvalue weighted by atomic mass is 9.89. The zero-order valence-electron chi connectivity index (χ0n) is 11.4. The van der Waals surface area contributed by atoms with Gasteiger partial charge < -0.3 is 0 Å².